The lowest BCUT2D eigenvalue weighted by atomic mass is 10.1. The van der Waals surface area contributed by atoms with Crippen molar-refractivity contribution in [3.63, 3.8) is 0 Å². The number of benzene rings is 2. The Labute approximate surface area is 362 Å². The van der Waals surface area contributed by atoms with E-state index in [1.54, 1.807) is 113 Å². The summed E-state index contributed by atoms with van der Waals surface area (Å²) in [4.78, 5) is 56.6. The lowest BCUT2D eigenvalue weighted by Gasteiger charge is -2.31. The van der Waals surface area contributed by atoms with E-state index in [-0.39, 0.29) is 39.5 Å². The molecule has 0 radical (unpaired) electrons. The number of esters is 1. The maximum atomic E-state index is 14.1. The molecule has 0 aliphatic carbocycles. The molecule has 19 heteroatoms. The van der Waals surface area contributed by atoms with Crippen LogP contribution in [0.3, 0.4) is 0 Å². The Balaban J connectivity index is 1.66. The second kappa shape index (κ2) is 18.0. The zero-order valence-corrected chi connectivity index (χ0v) is 38.4. The molecular weight excluding hydrogens is 839 g/mol. The van der Waals surface area contributed by atoms with Crippen molar-refractivity contribution in [2.75, 3.05) is 40.3 Å². The molecule has 1 aliphatic heterocycles. The highest BCUT2D eigenvalue weighted by Gasteiger charge is 2.35. The van der Waals surface area contributed by atoms with E-state index in [9.17, 15) is 27.6 Å². The molecule has 3 aromatic rings. The van der Waals surface area contributed by atoms with Crippen molar-refractivity contribution < 1.29 is 46.5 Å². The SMILES string of the molecule is CC(C)(C)OC(=O)CN(c1ccc2c(c1)CCN2c1ccc(N(CCN(C(=O)OC(C)(C)C)C(=O)OC(C)(C)C)C(=O)OC(C)(C)C)nn1)S(=O)(=O)c1cc(Cl)cc(Cl)c1. The van der Waals surface area contributed by atoms with Gasteiger partial charge in [-0.3, -0.25) is 14.0 Å². The molecule has 2 aromatic carbocycles. The summed E-state index contributed by atoms with van der Waals surface area (Å²) in [5.41, 5.74) is -1.96. The van der Waals surface area contributed by atoms with Gasteiger partial charge in [-0.2, -0.15) is 0 Å². The molecule has 1 aliphatic rings. The van der Waals surface area contributed by atoms with Crippen molar-refractivity contribution >= 4 is 80.5 Å². The van der Waals surface area contributed by atoms with Gasteiger partial charge < -0.3 is 23.8 Å². The van der Waals surface area contributed by atoms with Crippen LogP contribution in [0.4, 0.5) is 37.4 Å². The van der Waals surface area contributed by atoms with Crippen molar-refractivity contribution in [2.24, 2.45) is 0 Å². The van der Waals surface area contributed by atoms with E-state index in [1.807, 2.05) is 4.90 Å². The number of fused-ring (bicyclic) bond motifs is 1. The molecule has 0 spiro atoms. The van der Waals surface area contributed by atoms with Crippen molar-refractivity contribution in [1.29, 1.82) is 0 Å². The zero-order chi connectivity index (χ0) is 45.2. The summed E-state index contributed by atoms with van der Waals surface area (Å²) in [6.07, 6.45) is -2.25. The number of halogens is 2. The van der Waals surface area contributed by atoms with Gasteiger partial charge in [-0.15, -0.1) is 10.2 Å². The zero-order valence-electron chi connectivity index (χ0n) is 36.1. The standard InChI is InChI=1S/C41H54Cl2N6O10S/c1-38(2,3)56-34(50)25-49(60(54,55)30-23-27(42)22-28(43)24-30)29-13-14-31-26(21-29)17-18-46(31)32-15-16-33(45-44-32)47(35(51)57-39(4,5)6)19-20-48(36(52)58-40(7,8)9)37(53)59-41(10,11)12/h13-16,21-24H,17-20,25H2,1-12H3. The minimum Gasteiger partial charge on any atom is -0.459 e. The number of amides is 3. The predicted octanol–water partition coefficient (Wildman–Crippen LogP) is 8.93. The summed E-state index contributed by atoms with van der Waals surface area (Å²) in [7, 11) is -4.37. The van der Waals surface area contributed by atoms with E-state index in [0.29, 0.717) is 24.5 Å². The number of anilines is 4. The number of carbonyl (C=O) groups excluding carboxylic acids is 4. The summed E-state index contributed by atoms with van der Waals surface area (Å²) in [6, 6.07) is 12.1. The van der Waals surface area contributed by atoms with Crippen LogP contribution in [0.25, 0.3) is 0 Å². The van der Waals surface area contributed by atoms with Crippen LogP contribution in [-0.2, 0) is 40.2 Å². The number of imide groups is 1. The van der Waals surface area contributed by atoms with E-state index < -0.39 is 63.2 Å². The third-order valence-electron chi connectivity index (χ3n) is 7.94. The van der Waals surface area contributed by atoms with E-state index >= 15 is 0 Å². The molecule has 0 fully saturated rings. The maximum Gasteiger partial charge on any atom is 0.419 e. The fourth-order valence-electron chi connectivity index (χ4n) is 5.71. The molecule has 4 rings (SSSR count). The van der Waals surface area contributed by atoms with Gasteiger partial charge in [-0.05, 0) is 144 Å². The van der Waals surface area contributed by atoms with E-state index in [1.165, 1.54) is 18.2 Å². The largest absolute Gasteiger partial charge is 0.459 e. The number of sulfonamides is 1. The number of hydrogen-bond donors (Lipinski definition) is 0. The topological polar surface area (TPSA) is 178 Å². The quantitative estimate of drug-likeness (QED) is 0.139. The number of carbonyl (C=O) groups is 4. The van der Waals surface area contributed by atoms with Crippen molar-refractivity contribution in [1.82, 2.24) is 15.1 Å². The molecule has 16 nitrogen and oxygen atoms in total. The third kappa shape index (κ3) is 13.3. The second-order valence-electron chi connectivity index (χ2n) is 17.9. The van der Waals surface area contributed by atoms with Gasteiger partial charge in [0.05, 0.1) is 17.1 Å². The molecule has 1 aromatic heterocycles. The van der Waals surface area contributed by atoms with Crippen molar-refractivity contribution in [2.45, 2.75) is 117 Å². The Hall–Kier alpha value is -4.87. The highest BCUT2D eigenvalue weighted by atomic mass is 35.5. The molecule has 3 amide bonds. The second-order valence-corrected chi connectivity index (χ2v) is 20.6. The van der Waals surface area contributed by atoms with Crippen LogP contribution in [0, 0.1) is 0 Å². The molecule has 60 heavy (non-hydrogen) atoms. The van der Waals surface area contributed by atoms with Gasteiger partial charge in [0.25, 0.3) is 10.0 Å². The lowest BCUT2D eigenvalue weighted by molar-refractivity contribution is -0.152. The molecule has 0 bridgehead atoms. The maximum absolute atomic E-state index is 14.1. The summed E-state index contributed by atoms with van der Waals surface area (Å²) < 4.78 is 51.2. The van der Waals surface area contributed by atoms with E-state index in [0.717, 1.165) is 19.7 Å². The first-order valence-corrected chi connectivity index (χ1v) is 21.3. The smallest absolute Gasteiger partial charge is 0.419 e. The number of nitrogens with zero attached hydrogens (tertiary/aromatic N) is 6. The average Bonchev–Trinajstić information content (AvgIpc) is 3.49. The molecule has 0 unspecified atom stereocenters. The molecule has 2 heterocycles. The number of aromatic nitrogens is 2. The van der Waals surface area contributed by atoms with Gasteiger partial charge in [-0.25, -0.2) is 27.7 Å². The first-order chi connectivity index (χ1) is 27.4. The molecule has 0 saturated carbocycles. The van der Waals surface area contributed by atoms with Crippen molar-refractivity contribution in [3.05, 3.63) is 64.1 Å². The predicted molar refractivity (Wildman–Crippen MR) is 229 cm³/mol. The highest BCUT2D eigenvalue weighted by Crippen LogP contribution is 2.38. The summed E-state index contributed by atoms with van der Waals surface area (Å²) in [5.74, 6) is -0.287. The van der Waals surface area contributed by atoms with Gasteiger partial charge in [0.2, 0.25) is 0 Å². The first-order valence-electron chi connectivity index (χ1n) is 19.1. The monoisotopic (exact) mass is 892 g/mol. The van der Waals surface area contributed by atoms with Crippen molar-refractivity contribution in [3.8, 4) is 0 Å². The minimum atomic E-state index is -4.37. The number of hydrogen-bond acceptors (Lipinski definition) is 13. The van der Waals surface area contributed by atoms with Gasteiger partial charge in [0.1, 0.15) is 28.9 Å². The molecule has 0 atom stereocenters. The van der Waals surface area contributed by atoms with Crippen LogP contribution >= 0.6 is 23.2 Å². The van der Waals surface area contributed by atoms with Crippen LogP contribution < -0.4 is 14.1 Å². The van der Waals surface area contributed by atoms with E-state index in [2.05, 4.69) is 10.2 Å². The van der Waals surface area contributed by atoms with Gasteiger partial charge >= 0.3 is 24.2 Å². The van der Waals surface area contributed by atoms with Crippen LogP contribution in [0.1, 0.15) is 88.6 Å². The lowest BCUT2D eigenvalue weighted by Crippen LogP contribution is -2.48. The molecule has 0 saturated heterocycles. The summed E-state index contributed by atoms with van der Waals surface area (Å²) in [5, 5.41) is 8.97. The number of ether oxygens (including phenoxy) is 4. The third-order valence-corrected chi connectivity index (χ3v) is 10.1. The average molecular weight is 894 g/mol. The fourth-order valence-corrected chi connectivity index (χ4v) is 7.83. The highest BCUT2D eigenvalue weighted by molar-refractivity contribution is 7.92. The molecular formula is C41H54Cl2N6O10S. The Morgan fingerprint density at radius 2 is 1.22 bits per heavy atom. The number of rotatable bonds is 10. The Bertz CT molecular complexity index is 2150. The van der Waals surface area contributed by atoms with Crippen LogP contribution in [0.2, 0.25) is 10.0 Å². The van der Waals surface area contributed by atoms with E-state index in [4.69, 9.17) is 42.1 Å². The van der Waals surface area contributed by atoms with Crippen LogP contribution in [-0.4, -0.2) is 96.3 Å². The Morgan fingerprint density at radius 3 is 1.72 bits per heavy atom. The minimum absolute atomic E-state index is 0.0696. The summed E-state index contributed by atoms with van der Waals surface area (Å²) in [6.45, 7) is 19.3. The Morgan fingerprint density at radius 1 is 0.683 bits per heavy atom. The molecule has 328 valence electrons. The normalized spacial score (nSPS) is 13.3. The molecule has 0 N–H and O–H groups in total. The first kappa shape index (κ1) is 47.8. The van der Waals surface area contributed by atoms with Gasteiger partial charge in [0, 0.05) is 28.8 Å². The fraction of sp³-hybridized carbons (Fsp3) is 0.512. The summed E-state index contributed by atoms with van der Waals surface area (Å²) >= 11 is 12.3. The Kier molecular flexibility index (Phi) is 14.3. The van der Waals surface area contributed by atoms with Crippen LogP contribution in [0.5, 0.6) is 0 Å². The van der Waals surface area contributed by atoms with Gasteiger partial charge in [-0.1, -0.05) is 23.2 Å². The van der Waals surface area contributed by atoms with Gasteiger partial charge in [0.15, 0.2) is 11.6 Å². The van der Waals surface area contributed by atoms with Crippen LogP contribution in [0.15, 0.2) is 53.4 Å².